The summed E-state index contributed by atoms with van der Waals surface area (Å²) in [6, 6.07) is 12.1. The minimum Gasteiger partial charge on any atom is -0.492 e. The van der Waals surface area contributed by atoms with E-state index in [4.69, 9.17) is 27.9 Å². The summed E-state index contributed by atoms with van der Waals surface area (Å²) in [5.74, 6) is 5.74. The molecule has 3 rings (SSSR count). The second-order valence-corrected chi connectivity index (χ2v) is 10.8. The van der Waals surface area contributed by atoms with Crippen LogP contribution in [-0.2, 0) is 16.8 Å². The van der Waals surface area contributed by atoms with Gasteiger partial charge in [-0.1, -0.05) is 50.4 Å². The zero-order chi connectivity index (χ0) is 29.4. The van der Waals surface area contributed by atoms with Crippen LogP contribution in [0.25, 0.3) is 0 Å². The number of hydrogen-bond donors (Lipinski definition) is 5. The molecule has 12 heteroatoms. The zero-order valence-corrected chi connectivity index (χ0v) is 24.6. The number of ether oxygens (including phenoxy) is 1. The van der Waals surface area contributed by atoms with Crippen molar-refractivity contribution in [3.8, 4) is 5.75 Å². The number of amides is 2. The fourth-order valence-electron chi connectivity index (χ4n) is 3.67. The summed E-state index contributed by atoms with van der Waals surface area (Å²) < 4.78 is 8.84. The van der Waals surface area contributed by atoms with Gasteiger partial charge in [0.25, 0.3) is 11.8 Å². The first-order valence-electron chi connectivity index (χ1n) is 12.2. The smallest absolute Gasteiger partial charge is 0.269 e. The third kappa shape index (κ3) is 7.81. The minimum absolute atomic E-state index is 0.144. The number of benzene rings is 2. The Bertz CT molecular complexity index is 1390. The molecule has 40 heavy (non-hydrogen) atoms. The van der Waals surface area contributed by atoms with Gasteiger partial charge in [-0.05, 0) is 52.9 Å². The fourth-order valence-corrected chi connectivity index (χ4v) is 4.26. The van der Waals surface area contributed by atoms with E-state index >= 15 is 0 Å². The lowest BCUT2D eigenvalue weighted by Crippen LogP contribution is -2.33. The molecule has 3 aromatic rings. The van der Waals surface area contributed by atoms with Gasteiger partial charge in [0, 0.05) is 30.8 Å². The van der Waals surface area contributed by atoms with Crippen LogP contribution in [0.2, 0.25) is 5.02 Å². The van der Waals surface area contributed by atoms with Gasteiger partial charge in [0.05, 0.1) is 35.4 Å². The molecule has 0 fully saturated rings. The number of anilines is 3. The Kier molecular flexibility index (Phi) is 10.3. The average molecular weight is 584 g/mol. The Hall–Kier alpha value is -3.93. The van der Waals surface area contributed by atoms with E-state index in [0.29, 0.717) is 11.4 Å². The monoisotopic (exact) mass is 583 g/mol. The summed E-state index contributed by atoms with van der Waals surface area (Å²) in [6.45, 7) is 6.51. The first-order chi connectivity index (χ1) is 18.9. The molecule has 2 amide bonds. The number of pyridine rings is 1. The Morgan fingerprint density at radius 1 is 1.18 bits per heavy atom. The van der Waals surface area contributed by atoms with E-state index in [-0.39, 0.29) is 33.9 Å². The maximum atomic E-state index is 13.3. The number of nitrogens with zero attached hydrogens (tertiary/aromatic N) is 2. The average Bonchev–Trinajstić information content (AvgIpc) is 2.91. The standard InChI is InChI=1S/C28H34ClN7O3S/c1-28(2,3)19-12-22(25(39-4)23(13-19)35-40-5)34-26(37)18-8-9-20(29)24(11-18)36(31)16-21(30)27(38)33-15-17-7-6-10-32-14-17/h6-14,16,35H,15,30-31H2,1-5H3,(H,33,38)(H,34,37)/b21-16-. The van der Waals surface area contributed by atoms with Crippen molar-refractivity contribution in [3.63, 3.8) is 0 Å². The third-order valence-corrected chi connectivity index (χ3v) is 6.57. The van der Waals surface area contributed by atoms with Gasteiger partial charge in [-0.15, -0.1) is 0 Å². The van der Waals surface area contributed by atoms with Crippen molar-refractivity contribution in [1.29, 1.82) is 0 Å². The van der Waals surface area contributed by atoms with Crippen molar-refractivity contribution in [1.82, 2.24) is 10.3 Å². The minimum atomic E-state index is -0.523. The largest absolute Gasteiger partial charge is 0.492 e. The molecule has 0 aliphatic heterocycles. The van der Waals surface area contributed by atoms with E-state index in [0.717, 1.165) is 21.8 Å². The number of aromatic nitrogens is 1. The van der Waals surface area contributed by atoms with Crippen LogP contribution in [0.15, 0.2) is 66.8 Å². The number of hydrogen-bond acceptors (Lipinski definition) is 9. The van der Waals surface area contributed by atoms with Crippen LogP contribution < -0.4 is 36.7 Å². The number of rotatable bonds is 10. The number of hydrazine groups is 1. The maximum Gasteiger partial charge on any atom is 0.269 e. The summed E-state index contributed by atoms with van der Waals surface area (Å²) >= 11 is 7.79. The summed E-state index contributed by atoms with van der Waals surface area (Å²) in [6.07, 6.45) is 6.42. The lowest BCUT2D eigenvalue weighted by Gasteiger charge is -2.24. The van der Waals surface area contributed by atoms with E-state index in [1.807, 2.05) is 24.5 Å². The number of nitrogens with two attached hydrogens (primary N) is 2. The van der Waals surface area contributed by atoms with Crippen molar-refractivity contribution in [2.45, 2.75) is 32.7 Å². The Balaban J connectivity index is 1.83. The van der Waals surface area contributed by atoms with Gasteiger partial charge >= 0.3 is 0 Å². The van der Waals surface area contributed by atoms with Crippen LogP contribution in [-0.4, -0.2) is 30.2 Å². The van der Waals surface area contributed by atoms with Gasteiger partial charge < -0.3 is 25.8 Å². The van der Waals surface area contributed by atoms with E-state index in [1.165, 1.54) is 24.2 Å². The number of nitrogens with one attached hydrogen (secondary N) is 3. The molecule has 2 aromatic carbocycles. The van der Waals surface area contributed by atoms with E-state index in [2.05, 4.69) is 41.1 Å². The maximum absolute atomic E-state index is 13.3. The molecule has 10 nitrogen and oxygen atoms in total. The van der Waals surface area contributed by atoms with Gasteiger partial charge in [0.2, 0.25) is 0 Å². The van der Waals surface area contributed by atoms with Crippen molar-refractivity contribution in [2.75, 3.05) is 28.4 Å². The highest BCUT2D eigenvalue weighted by atomic mass is 35.5. The molecule has 1 heterocycles. The number of carbonyl (C=O) groups is 2. The molecular formula is C28H34ClN7O3S. The van der Waals surface area contributed by atoms with Crippen molar-refractivity contribution in [3.05, 3.63) is 88.5 Å². The molecule has 0 saturated heterocycles. The highest BCUT2D eigenvalue weighted by Crippen LogP contribution is 2.40. The van der Waals surface area contributed by atoms with Gasteiger partial charge in [-0.25, -0.2) is 5.84 Å². The van der Waals surface area contributed by atoms with Crippen LogP contribution in [0.3, 0.4) is 0 Å². The molecule has 0 aliphatic rings. The lowest BCUT2D eigenvalue weighted by atomic mass is 9.86. The predicted octanol–water partition coefficient (Wildman–Crippen LogP) is 4.78. The number of halogens is 1. The normalized spacial score (nSPS) is 11.5. The Morgan fingerprint density at radius 3 is 2.52 bits per heavy atom. The van der Waals surface area contributed by atoms with Gasteiger partial charge in [0.1, 0.15) is 5.70 Å². The first kappa shape index (κ1) is 30.6. The van der Waals surface area contributed by atoms with E-state index < -0.39 is 11.8 Å². The van der Waals surface area contributed by atoms with E-state index in [1.54, 1.807) is 37.7 Å². The molecule has 212 valence electrons. The highest BCUT2D eigenvalue weighted by Gasteiger charge is 2.22. The predicted molar refractivity (Wildman–Crippen MR) is 163 cm³/mol. The topological polar surface area (TPSA) is 148 Å². The van der Waals surface area contributed by atoms with Crippen LogP contribution in [0.1, 0.15) is 42.3 Å². The molecule has 7 N–H and O–H groups in total. The molecule has 0 radical (unpaired) electrons. The SMILES string of the molecule is COc1c(NSC)cc(C(C)(C)C)cc1NC(=O)c1ccc(Cl)c(N(N)/C=C(\N)C(=O)NCc2cccnc2)c1. The lowest BCUT2D eigenvalue weighted by molar-refractivity contribution is -0.117. The first-order valence-corrected chi connectivity index (χ1v) is 13.9. The molecule has 0 atom stereocenters. The van der Waals surface area contributed by atoms with Gasteiger partial charge in [-0.3, -0.25) is 19.6 Å². The summed E-state index contributed by atoms with van der Waals surface area (Å²) in [4.78, 5) is 29.8. The molecule has 0 spiro atoms. The third-order valence-electron chi connectivity index (χ3n) is 5.82. The number of carbonyl (C=O) groups excluding carboxylic acids is 2. The molecule has 0 saturated carbocycles. The Labute approximate surface area is 243 Å². The summed E-state index contributed by atoms with van der Waals surface area (Å²) in [5, 5.41) is 7.00. The number of methoxy groups -OCH3 is 1. The molecular weight excluding hydrogens is 550 g/mol. The fraction of sp³-hybridized carbons (Fsp3) is 0.250. The zero-order valence-electron chi connectivity index (χ0n) is 23.0. The molecule has 0 bridgehead atoms. The van der Waals surface area contributed by atoms with Crippen LogP contribution in [0.5, 0.6) is 5.75 Å². The van der Waals surface area contributed by atoms with Crippen LogP contribution >= 0.6 is 23.5 Å². The van der Waals surface area contributed by atoms with Crippen molar-refractivity contribution < 1.29 is 14.3 Å². The second kappa shape index (κ2) is 13.4. The molecule has 0 unspecified atom stereocenters. The highest BCUT2D eigenvalue weighted by molar-refractivity contribution is 7.99. The quantitative estimate of drug-likeness (QED) is 0.0984. The second-order valence-electron chi connectivity index (χ2n) is 9.82. The van der Waals surface area contributed by atoms with Crippen LogP contribution in [0.4, 0.5) is 17.1 Å². The van der Waals surface area contributed by atoms with E-state index in [9.17, 15) is 9.59 Å². The van der Waals surface area contributed by atoms with Gasteiger partial charge in [-0.2, -0.15) is 0 Å². The van der Waals surface area contributed by atoms with Crippen LogP contribution in [0, 0.1) is 0 Å². The molecule has 1 aromatic heterocycles. The van der Waals surface area contributed by atoms with Crippen molar-refractivity contribution in [2.24, 2.45) is 11.6 Å². The summed E-state index contributed by atoms with van der Waals surface area (Å²) in [5.41, 5.74) is 9.27. The molecule has 0 aliphatic carbocycles. The summed E-state index contributed by atoms with van der Waals surface area (Å²) in [7, 11) is 1.55. The Morgan fingerprint density at radius 2 is 1.90 bits per heavy atom. The van der Waals surface area contributed by atoms with Crippen molar-refractivity contribution >= 4 is 52.4 Å². The van der Waals surface area contributed by atoms with Gasteiger partial charge in [0.15, 0.2) is 5.75 Å².